The van der Waals surface area contributed by atoms with Gasteiger partial charge in [-0.05, 0) is 30.3 Å². The zero-order valence-corrected chi connectivity index (χ0v) is 11.6. The van der Waals surface area contributed by atoms with Gasteiger partial charge in [0.05, 0.1) is 12.7 Å². The van der Waals surface area contributed by atoms with Crippen LogP contribution in [-0.4, -0.2) is 23.3 Å². The first-order valence-electron chi connectivity index (χ1n) is 6.05. The molecule has 106 valence electrons. The number of nitrogens with zero attached hydrogens (tertiary/aromatic N) is 1. The number of hydrogen-bond acceptors (Lipinski definition) is 3. The van der Waals surface area contributed by atoms with E-state index >= 15 is 0 Å². The highest BCUT2D eigenvalue weighted by molar-refractivity contribution is 6.52. The molecule has 0 saturated carbocycles. The van der Waals surface area contributed by atoms with E-state index in [4.69, 9.17) is 16.3 Å². The quantitative estimate of drug-likeness (QED) is 0.632. The molecular weight excluding hydrogens is 297 g/mol. The third-order valence-electron chi connectivity index (χ3n) is 3.24. The fourth-order valence-corrected chi connectivity index (χ4v) is 2.50. The van der Waals surface area contributed by atoms with Crippen LogP contribution in [0.5, 0.6) is 5.75 Å². The van der Waals surface area contributed by atoms with Crippen molar-refractivity contribution in [3.8, 4) is 5.75 Å². The number of hydrogen-bond donors (Lipinski definition) is 0. The average Bonchev–Trinajstić information content (AvgIpc) is 2.70. The largest absolute Gasteiger partial charge is 0.618 e. The van der Waals surface area contributed by atoms with Crippen molar-refractivity contribution in [1.29, 1.82) is 0 Å². The van der Waals surface area contributed by atoms with Gasteiger partial charge in [0.25, 0.3) is 17.2 Å². The number of rotatable bonds is 2. The summed E-state index contributed by atoms with van der Waals surface area (Å²) in [6, 6.07) is 8.76. The highest BCUT2D eigenvalue weighted by Gasteiger charge is 2.39. The summed E-state index contributed by atoms with van der Waals surface area (Å²) in [4.78, 5) is 12.4. The Hall–Kier alpha value is -2.40. The lowest BCUT2D eigenvalue weighted by Gasteiger charge is -2.04. The smallest absolute Gasteiger partial charge is 0.273 e. The first-order chi connectivity index (χ1) is 10.0. The van der Waals surface area contributed by atoms with E-state index in [-0.39, 0.29) is 22.0 Å². The van der Waals surface area contributed by atoms with E-state index in [2.05, 4.69) is 0 Å². The van der Waals surface area contributed by atoms with Crippen molar-refractivity contribution in [3.63, 3.8) is 0 Å². The number of methoxy groups -OCH3 is 1. The van der Waals surface area contributed by atoms with Gasteiger partial charge in [-0.1, -0.05) is 17.7 Å². The van der Waals surface area contributed by atoms with E-state index in [0.717, 1.165) is 6.07 Å². The Bertz CT molecular complexity index is 802. The van der Waals surface area contributed by atoms with E-state index in [9.17, 15) is 14.4 Å². The second-order valence-electron chi connectivity index (χ2n) is 4.49. The van der Waals surface area contributed by atoms with Crippen molar-refractivity contribution >= 4 is 28.8 Å². The monoisotopic (exact) mass is 305 g/mol. The molecule has 0 aromatic heterocycles. The number of halogens is 2. The van der Waals surface area contributed by atoms with Crippen molar-refractivity contribution in [2.24, 2.45) is 0 Å². The fraction of sp³-hybridized carbons (Fsp3) is 0.0667. The standard InChI is InChI=1S/C15H9ClFNO3/c1-21-10-4-2-3-8(5-10)13-15(19)11-6-9(16)7-12(17)14(11)18(13)20/h2-7H,1H3. The number of carbonyl (C=O) groups is 1. The molecule has 0 spiro atoms. The van der Waals surface area contributed by atoms with Crippen LogP contribution in [-0.2, 0) is 0 Å². The Morgan fingerprint density at radius 3 is 2.76 bits per heavy atom. The predicted octanol–water partition coefficient (Wildman–Crippen LogP) is 3.32. The third kappa shape index (κ3) is 2.06. The Morgan fingerprint density at radius 2 is 2.05 bits per heavy atom. The van der Waals surface area contributed by atoms with Crippen LogP contribution in [0.25, 0.3) is 0 Å². The van der Waals surface area contributed by atoms with Crippen molar-refractivity contribution in [2.75, 3.05) is 7.11 Å². The molecule has 0 saturated heterocycles. The van der Waals surface area contributed by atoms with Crippen molar-refractivity contribution in [3.05, 3.63) is 63.6 Å². The second kappa shape index (κ2) is 4.86. The van der Waals surface area contributed by atoms with E-state index in [1.807, 2.05) is 0 Å². The normalized spacial score (nSPS) is 13.6. The van der Waals surface area contributed by atoms with Crippen LogP contribution in [0, 0.1) is 11.0 Å². The third-order valence-corrected chi connectivity index (χ3v) is 3.46. The fourth-order valence-electron chi connectivity index (χ4n) is 2.30. The molecule has 6 heteroatoms. The summed E-state index contributed by atoms with van der Waals surface area (Å²) >= 11 is 5.74. The lowest BCUT2D eigenvalue weighted by atomic mass is 10.0. The van der Waals surface area contributed by atoms with Gasteiger partial charge in [-0.3, -0.25) is 4.79 Å². The highest BCUT2D eigenvalue weighted by Crippen LogP contribution is 2.33. The summed E-state index contributed by atoms with van der Waals surface area (Å²) in [5.41, 5.74) is -0.124. The van der Waals surface area contributed by atoms with E-state index in [1.54, 1.807) is 24.3 Å². The topological polar surface area (TPSA) is 52.4 Å². The summed E-state index contributed by atoms with van der Waals surface area (Å²) in [6.45, 7) is 0. The van der Waals surface area contributed by atoms with Crippen LogP contribution in [0.2, 0.25) is 5.02 Å². The Labute approximate surface area is 124 Å². The van der Waals surface area contributed by atoms with Crippen LogP contribution >= 0.6 is 11.6 Å². The van der Waals surface area contributed by atoms with Gasteiger partial charge in [-0.25, -0.2) is 0 Å². The Balaban J connectivity index is 2.21. The molecule has 2 aromatic rings. The molecule has 3 rings (SSSR count). The molecule has 4 nitrogen and oxygen atoms in total. The molecule has 0 bridgehead atoms. The average molecular weight is 306 g/mol. The van der Waals surface area contributed by atoms with Gasteiger partial charge in [0.15, 0.2) is 5.82 Å². The molecule has 0 radical (unpaired) electrons. The van der Waals surface area contributed by atoms with Gasteiger partial charge in [-0.15, -0.1) is 0 Å². The molecule has 21 heavy (non-hydrogen) atoms. The maximum absolute atomic E-state index is 13.9. The van der Waals surface area contributed by atoms with Crippen LogP contribution in [0.1, 0.15) is 15.9 Å². The van der Waals surface area contributed by atoms with Crippen LogP contribution < -0.4 is 4.74 Å². The molecule has 1 heterocycles. The zero-order valence-electron chi connectivity index (χ0n) is 10.9. The van der Waals surface area contributed by atoms with Gasteiger partial charge in [0.1, 0.15) is 11.3 Å². The molecule has 0 N–H and O–H groups in total. The molecule has 1 aliphatic heterocycles. The van der Waals surface area contributed by atoms with E-state index in [1.165, 1.54) is 13.2 Å². The van der Waals surface area contributed by atoms with Gasteiger partial charge >= 0.3 is 0 Å². The maximum Gasteiger partial charge on any atom is 0.273 e. The number of benzene rings is 2. The first kappa shape index (κ1) is 13.6. The minimum absolute atomic E-state index is 0.0344. The van der Waals surface area contributed by atoms with Crippen LogP contribution in [0.4, 0.5) is 10.1 Å². The second-order valence-corrected chi connectivity index (χ2v) is 4.92. The van der Waals surface area contributed by atoms with Crippen molar-refractivity contribution in [2.45, 2.75) is 0 Å². The van der Waals surface area contributed by atoms with Gasteiger partial charge in [0.2, 0.25) is 0 Å². The molecule has 2 aromatic carbocycles. The van der Waals surface area contributed by atoms with Crippen LogP contribution in [0.3, 0.4) is 0 Å². The SMILES string of the molecule is COc1cccc(C2=[N+]([O-])c3c(F)cc(Cl)cc3C2=O)c1. The Kier molecular flexibility index (Phi) is 3.14. The van der Waals surface area contributed by atoms with Gasteiger partial charge < -0.3 is 9.94 Å². The maximum atomic E-state index is 13.9. The summed E-state index contributed by atoms with van der Waals surface area (Å²) in [6.07, 6.45) is 0. The number of carbonyl (C=O) groups excluding carboxylic acids is 1. The summed E-state index contributed by atoms with van der Waals surface area (Å²) in [5, 5.41) is 12.3. The Morgan fingerprint density at radius 1 is 1.29 bits per heavy atom. The predicted molar refractivity (Wildman–Crippen MR) is 76.1 cm³/mol. The molecule has 1 aliphatic rings. The highest BCUT2D eigenvalue weighted by atomic mass is 35.5. The van der Waals surface area contributed by atoms with Crippen molar-refractivity contribution < 1.29 is 18.7 Å². The van der Waals surface area contributed by atoms with Crippen molar-refractivity contribution in [1.82, 2.24) is 0 Å². The number of Topliss-reactive ketones (excluding diaryl/α,β-unsaturated/α-hetero) is 1. The van der Waals surface area contributed by atoms with Crippen LogP contribution in [0.15, 0.2) is 36.4 Å². The lowest BCUT2D eigenvalue weighted by Crippen LogP contribution is -2.16. The number of fused-ring (bicyclic) bond motifs is 1. The number of ether oxygens (including phenoxy) is 1. The zero-order chi connectivity index (χ0) is 15.1. The summed E-state index contributed by atoms with van der Waals surface area (Å²) in [5.74, 6) is -0.885. The van der Waals surface area contributed by atoms with E-state index in [0.29, 0.717) is 16.1 Å². The molecule has 0 atom stereocenters. The first-order valence-corrected chi connectivity index (χ1v) is 6.43. The van der Waals surface area contributed by atoms with E-state index < -0.39 is 11.6 Å². The molecule has 0 aliphatic carbocycles. The lowest BCUT2D eigenvalue weighted by molar-refractivity contribution is -0.358. The minimum Gasteiger partial charge on any atom is -0.618 e. The molecule has 0 fully saturated rings. The summed E-state index contributed by atoms with van der Waals surface area (Å²) < 4.78 is 19.3. The molecule has 0 unspecified atom stereocenters. The summed E-state index contributed by atoms with van der Waals surface area (Å²) in [7, 11) is 1.48. The molecular formula is C15H9ClFNO3. The minimum atomic E-state index is -0.821. The number of ketones is 1. The van der Waals surface area contributed by atoms with Gasteiger partial charge in [-0.2, -0.15) is 9.13 Å². The molecule has 0 amide bonds. The van der Waals surface area contributed by atoms with Gasteiger partial charge in [0, 0.05) is 5.02 Å².